The van der Waals surface area contributed by atoms with E-state index >= 15 is 0 Å². The molecule has 2 aromatic rings. The average Bonchev–Trinajstić information content (AvgIpc) is 3.35. The Balaban J connectivity index is 1.40. The maximum absolute atomic E-state index is 13.4. The summed E-state index contributed by atoms with van der Waals surface area (Å²) in [6.45, 7) is 1.74. The average molecular weight is 511 g/mol. The number of likely N-dealkylation sites (tertiary alicyclic amines) is 1. The Kier molecular flexibility index (Phi) is 6.24. The van der Waals surface area contributed by atoms with Gasteiger partial charge in [0.05, 0.1) is 19.2 Å². The van der Waals surface area contributed by atoms with Gasteiger partial charge in [-0.3, -0.25) is 9.69 Å². The van der Waals surface area contributed by atoms with Crippen LogP contribution in [-0.4, -0.2) is 83.2 Å². The summed E-state index contributed by atoms with van der Waals surface area (Å²) in [6.07, 6.45) is -0.702. The Morgan fingerprint density at radius 1 is 1.11 bits per heavy atom. The first-order valence-corrected chi connectivity index (χ1v) is 12.1. The van der Waals surface area contributed by atoms with Crippen molar-refractivity contribution in [1.82, 2.24) is 9.80 Å². The first-order valence-electron chi connectivity index (χ1n) is 12.1. The molecule has 3 aliphatic heterocycles. The molecular weight excluding hydrogens is 483 g/mol. The summed E-state index contributed by atoms with van der Waals surface area (Å²) in [5, 5.41) is 9.83. The number of allylic oxidation sites excluding steroid dienone is 2. The number of benzene rings is 1. The Hall–Kier alpha value is -3.77. The minimum atomic E-state index is -4.81. The van der Waals surface area contributed by atoms with Gasteiger partial charge in [-0.2, -0.15) is 17.7 Å². The Morgan fingerprint density at radius 2 is 1.81 bits per heavy atom. The molecule has 1 amide bonds. The number of amides is 1. The SMILES string of the molecule is COc1c#cc(C(=O)N2CCC3(CC2)C2=[N+](CCN3C)C(=C(O)C(F)(F)F)C=C2)cc1-c1ccccc1. The van der Waals surface area contributed by atoms with Gasteiger partial charge in [-0.05, 0) is 37.6 Å². The molecule has 0 aliphatic carbocycles. The molecule has 3 aliphatic rings. The molecular formula is C28H27F3N3O3+. The summed E-state index contributed by atoms with van der Waals surface area (Å²) in [6, 6.07) is 17.2. The number of fused-ring (bicyclic) bond motifs is 1. The molecule has 0 aromatic heterocycles. The predicted molar refractivity (Wildman–Crippen MR) is 132 cm³/mol. The van der Waals surface area contributed by atoms with Crippen molar-refractivity contribution >= 4 is 11.6 Å². The molecule has 192 valence electrons. The fraction of sp³-hybridized carbons (Fsp3) is 0.357. The van der Waals surface area contributed by atoms with E-state index < -0.39 is 17.5 Å². The summed E-state index contributed by atoms with van der Waals surface area (Å²) in [4.78, 5) is 17.3. The van der Waals surface area contributed by atoms with E-state index in [2.05, 4.69) is 17.0 Å². The number of carbonyl (C=O) groups excluding carboxylic acids is 1. The number of hydrogen-bond donors (Lipinski definition) is 1. The molecule has 3 heterocycles. The molecule has 37 heavy (non-hydrogen) atoms. The third-order valence-corrected chi connectivity index (χ3v) is 7.60. The second-order valence-electron chi connectivity index (χ2n) is 9.47. The summed E-state index contributed by atoms with van der Waals surface area (Å²) >= 11 is 0. The minimum Gasteiger partial charge on any atom is -0.500 e. The predicted octanol–water partition coefficient (Wildman–Crippen LogP) is 4.24. The van der Waals surface area contributed by atoms with Gasteiger partial charge in [-0.25, -0.2) is 0 Å². The third-order valence-electron chi connectivity index (χ3n) is 7.60. The maximum atomic E-state index is 13.4. The van der Waals surface area contributed by atoms with Crippen LogP contribution in [0.4, 0.5) is 13.2 Å². The van der Waals surface area contributed by atoms with Crippen molar-refractivity contribution in [3.05, 3.63) is 77.7 Å². The molecule has 1 spiro atoms. The molecule has 2 aromatic carbocycles. The van der Waals surface area contributed by atoms with Crippen LogP contribution in [-0.2, 0) is 0 Å². The molecule has 0 saturated carbocycles. The highest BCUT2D eigenvalue weighted by atomic mass is 19.4. The first-order chi connectivity index (χ1) is 17.7. The standard InChI is InChI=1S/C28H26F3N3O3/c1-32-16-17-34-22(25(35)28(29,30)31)9-11-24(34)27(32)12-14-33(15-13-27)26(36)20-8-10-23(37-2)21(18-20)19-6-4-3-5-7-19/h3-7,9,11,18H,12-17H2,1-2H3/p+1. The lowest BCUT2D eigenvalue weighted by molar-refractivity contribution is -0.485. The van der Waals surface area contributed by atoms with Gasteiger partial charge in [-0.15, -0.1) is 0 Å². The highest BCUT2D eigenvalue weighted by molar-refractivity contribution is 6.02. The van der Waals surface area contributed by atoms with Crippen molar-refractivity contribution in [3.8, 4) is 16.9 Å². The summed E-state index contributed by atoms with van der Waals surface area (Å²) in [7, 11) is 3.51. The molecule has 0 bridgehead atoms. The van der Waals surface area contributed by atoms with Crippen LogP contribution in [0.15, 0.2) is 60.0 Å². The van der Waals surface area contributed by atoms with Crippen molar-refractivity contribution in [1.29, 1.82) is 0 Å². The molecule has 6 nitrogen and oxygen atoms in total. The van der Waals surface area contributed by atoms with Crippen molar-refractivity contribution in [2.75, 3.05) is 40.3 Å². The lowest BCUT2D eigenvalue weighted by Gasteiger charge is -2.47. The maximum Gasteiger partial charge on any atom is 0.455 e. The van der Waals surface area contributed by atoms with Crippen LogP contribution >= 0.6 is 0 Å². The van der Waals surface area contributed by atoms with Crippen LogP contribution < -0.4 is 4.74 Å². The summed E-state index contributed by atoms with van der Waals surface area (Å²) < 4.78 is 46.6. The van der Waals surface area contributed by atoms with Gasteiger partial charge in [0.1, 0.15) is 5.54 Å². The fourth-order valence-electron chi connectivity index (χ4n) is 5.56. The number of carbonyl (C=O) groups is 1. The van der Waals surface area contributed by atoms with E-state index in [-0.39, 0.29) is 11.6 Å². The second kappa shape index (κ2) is 9.27. The highest BCUT2D eigenvalue weighted by Gasteiger charge is 2.53. The highest BCUT2D eigenvalue weighted by Crippen LogP contribution is 2.38. The van der Waals surface area contributed by atoms with Crippen LogP contribution in [0.25, 0.3) is 11.1 Å². The quantitative estimate of drug-likeness (QED) is 0.496. The van der Waals surface area contributed by atoms with E-state index in [0.717, 1.165) is 16.8 Å². The zero-order valence-electron chi connectivity index (χ0n) is 20.6. The number of rotatable bonds is 3. The monoisotopic (exact) mass is 510 g/mol. The molecule has 1 N–H and O–H groups in total. The number of ether oxygens (including phenoxy) is 1. The van der Waals surface area contributed by atoms with Crippen LogP contribution in [0.3, 0.4) is 0 Å². The number of nitrogens with zero attached hydrogens (tertiary/aromatic N) is 3. The number of aliphatic hydroxyl groups excluding tert-OH is 1. The number of alkyl halides is 3. The minimum absolute atomic E-state index is 0.177. The van der Waals surface area contributed by atoms with E-state index in [1.165, 1.54) is 6.08 Å². The van der Waals surface area contributed by atoms with Gasteiger partial charge >= 0.3 is 6.18 Å². The number of hydrogen-bond acceptors (Lipinski definition) is 4. The van der Waals surface area contributed by atoms with Crippen LogP contribution in [0.5, 0.6) is 5.75 Å². The fourth-order valence-corrected chi connectivity index (χ4v) is 5.56. The van der Waals surface area contributed by atoms with Crippen LogP contribution in [0, 0.1) is 12.1 Å². The largest absolute Gasteiger partial charge is 0.500 e. The van der Waals surface area contributed by atoms with E-state index in [0.29, 0.717) is 50.3 Å². The van der Waals surface area contributed by atoms with E-state index in [9.17, 15) is 23.1 Å². The normalized spacial score (nSPS) is 20.6. The number of likely N-dealkylation sites (N-methyl/N-ethyl adjacent to an activating group) is 1. The number of halogens is 3. The number of aliphatic hydroxyl groups is 1. The zero-order chi connectivity index (χ0) is 26.4. The van der Waals surface area contributed by atoms with Crippen LogP contribution in [0.1, 0.15) is 23.2 Å². The van der Waals surface area contributed by atoms with Gasteiger partial charge in [0.15, 0.2) is 12.3 Å². The Morgan fingerprint density at radius 3 is 2.46 bits per heavy atom. The van der Waals surface area contributed by atoms with Gasteiger partial charge in [0.2, 0.25) is 5.71 Å². The summed E-state index contributed by atoms with van der Waals surface area (Å²) in [5.74, 6) is -1.25. The molecule has 0 radical (unpaired) electrons. The van der Waals surface area contributed by atoms with Crippen molar-refractivity contribution in [2.45, 2.75) is 24.6 Å². The second-order valence-corrected chi connectivity index (χ2v) is 9.47. The van der Waals surface area contributed by atoms with Crippen molar-refractivity contribution in [2.24, 2.45) is 0 Å². The molecule has 0 atom stereocenters. The lowest BCUT2D eigenvalue weighted by Crippen LogP contribution is -2.63. The Bertz CT molecular complexity index is 1310. The van der Waals surface area contributed by atoms with E-state index in [4.69, 9.17) is 4.74 Å². The third kappa shape index (κ3) is 4.25. The number of piperidine rings is 1. The molecule has 1 saturated heterocycles. The number of methoxy groups -OCH3 is 1. The molecule has 1 fully saturated rings. The van der Waals surface area contributed by atoms with Gasteiger partial charge in [-0.1, -0.05) is 36.4 Å². The molecule has 5 rings (SSSR count). The Labute approximate surface area is 213 Å². The molecule has 0 unspecified atom stereocenters. The van der Waals surface area contributed by atoms with E-state index in [1.54, 1.807) is 28.7 Å². The van der Waals surface area contributed by atoms with Gasteiger partial charge in [0.25, 0.3) is 17.4 Å². The van der Waals surface area contributed by atoms with Gasteiger partial charge < -0.3 is 14.7 Å². The van der Waals surface area contributed by atoms with Crippen molar-refractivity contribution in [3.63, 3.8) is 0 Å². The molecule has 9 heteroatoms. The first kappa shape index (κ1) is 24.9. The van der Waals surface area contributed by atoms with Crippen molar-refractivity contribution < 1.29 is 32.4 Å². The zero-order valence-corrected chi connectivity index (χ0v) is 20.6. The lowest BCUT2D eigenvalue weighted by atomic mass is 9.80. The van der Waals surface area contributed by atoms with E-state index in [1.807, 2.05) is 37.4 Å². The topological polar surface area (TPSA) is 56.0 Å². The van der Waals surface area contributed by atoms with Crippen LogP contribution in [0.2, 0.25) is 0 Å². The summed E-state index contributed by atoms with van der Waals surface area (Å²) in [5.41, 5.74) is 2.01. The van der Waals surface area contributed by atoms with Gasteiger partial charge in [0, 0.05) is 30.8 Å². The smallest absolute Gasteiger partial charge is 0.455 e.